The molecule has 0 aromatic heterocycles. The van der Waals surface area contributed by atoms with Gasteiger partial charge >= 0.3 is 0 Å². The number of nitrogens with one attached hydrogen (secondary N) is 1. The zero-order chi connectivity index (χ0) is 13.1. The number of aliphatic hydroxyl groups excluding tert-OH is 1. The quantitative estimate of drug-likeness (QED) is 0.875. The molecule has 0 bridgehead atoms. The van der Waals surface area contributed by atoms with Gasteiger partial charge in [-0.15, -0.1) is 11.8 Å². The highest BCUT2D eigenvalue weighted by molar-refractivity contribution is 7.99. The molecular weight excluding hydrogens is 246 g/mol. The first-order valence-electron chi connectivity index (χ1n) is 6.26. The SMILES string of the molecule is CC(C)[C@@H](CO)NC(=O)C1CSc2ccccc21. The van der Waals surface area contributed by atoms with Gasteiger partial charge in [-0.3, -0.25) is 4.79 Å². The van der Waals surface area contributed by atoms with E-state index in [4.69, 9.17) is 0 Å². The second kappa shape index (κ2) is 5.76. The van der Waals surface area contributed by atoms with Crippen LogP contribution in [0.1, 0.15) is 25.3 Å². The van der Waals surface area contributed by atoms with E-state index in [1.807, 2.05) is 32.0 Å². The van der Waals surface area contributed by atoms with Crippen LogP contribution in [0.3, 0.4) is 0 Å². The van der Waals surface area contributed by atoms with Crippen LogP contribution in [0, 0.1) is 5.92 Å². The molecule has 3 nitrogen and oxygen atoms in total. The highest BCUT2D eigenvalue weighted by atomic mass is 32.2. The number of benzene rings is 1. The molecule has 4 heteroatoms. The molecule has 1 aromatic rings. The molecule has 18 heavy (non-hydrogen) atoms. The van der Waals surface area contributed by atoms with E-state index in [9.17, 15) is 9.90 Å². The van der Waals surface area contributed by atoms with Gasteiger partial charge in [-0.05, 0) is 17.5 Å². The van der Waals surface area contributed by atoms with Gasteiger partial charge < -0.3 is 10.4 Å². The van der Waals surface area contributed by atoms with Crippen LogP contribution in [0.15, 0.2) is 29.2 Å². The molecular formula is C14H19NO2S. The van der Waals surface area contributed by atoms with Crippen LogP contribution in [-0.2, 0) is 4.79 Å². The van der Waals surface area contributed by atoms with E-state index >= 15 is 0 Å². The molecule has 1 unspecified atom stereocenters. The van der Waals surface area contributed by atoms with E-state index in [1.165, 1.54) is 4.90 Å². The van der Waals surface area contributed by atoms with Crippen molar-refractivity contribution in [3.05, 3.63) is 29.8 Å². The van der Waals surface area contributed by atoms with Crippen LogP contribution < -0.4 is 5.32 Å². The van der Waals surface area contributed by atoms with Gasteiger partial charge in [0.1, 0.15) is 0 Å². The van der Waals surface area contributed by atoms with Gasteiger partial charge in [0.2, 0.25) is 5.91 Å². The summed E-state index contributed by atoms with van der Waals surface area (Å²) in [5, 5.41) is 12.2. The maximum absolute atomic E-state index is 12.2. The summed E-state index contributed by atoms with van der Waals surface area (Å²) in [5.74, 6) is 0.976. The second-order valence-corrected chi connectivity index (χ2v) is 6.00. The van der Waals surface area contributed by atoms with Crippen molar-refractivity contribution in [1.29, 1.82) is 0 Å². The van der Waals surface area contributed by atoms with E-state index in [0.717, 1.165) is 11.3 Å². The summed E-state index contributed by atoms with van der Waals surface area (Å²) < 4.78 is 0. The van der Waals surface area contributed by atoms with Gasteiger partial charge in [-0.1, -0.05) is 32.0 Å². The van der Waals surface area contributed by atoms with E-state index in [0.29, 0.717) is 0 Å². The molecule has 98 valence electrons. The van der Waals surface area contributed by atoms with Crippen molar-refractivity contribution in [2.45, 2.75) is 30.7 Å². The van der Waals surface area contributed by atoms with Crippen LogP contribution in [0.4, 0.5) is 0 Å². The Morgan fingerprint density at radius 2 is 2.22 bits per heavy atom. The minimum absolute atomic E-state index is 0.00901. The van der Waals surface area contributed by atoms with Gasteiger partial charge in [0.15, 0.2) is 0 Å². The zero-order valence-electron chi connectivity index (χ0n) is 10.7. The average Bonchev–Trinajstić information content (AvgIpc) is 2.79. The van der Waals surface area contributed by atoms with Crippen LogP contribution in [-0.4, -0.2) is 29.4 Å². The van der Waals surface area contributed by atoms with Crippen LogP contribution in [0.25, 0.3) is 0 Å². The summed E-state index contributed by atoms with van der Waals surface area (Å²) >= 11 is 1.72. The summed E-state index contributed by atoms with van der Waals surface area (Å²) in [6.07, 6.45) is 0. The number of aliphatic hydroxyl groups is 1. The molecule has 1 aromatic carbocycles. The second-order valence-electron chi connectivity index (χ2n) is 4.94. The summed E-state index contributed by atoms with van der Waals surface area (Å²) in [6, 6.07) is 7.88. The number of rotatable bonds is 4. The summed E-state index contributed by atoms with van der Waals surface area (Å²) in [7, 11) is 0. The van der Waals surface area contributed by atoms with Gasteiger partial charge in [0.05, 0.1) is 18.6 Å². The lowest BCUT2D eigenvalue weighted by atomic mass is 9.98. The molecule has 2 atom stereocenters. The fourth-order valence-corrected chi connectivity index (χ4v) is 3.32. The number of hydrogen-bond donors (Lipinski definition) is 2. The van der Waals surface area contributed by atoms with Crippen LogP contribution >= 0.6 is 11.8 Å². The normalized spacial score (nSPS) is 19.7. The van der Waals surface area contributed by atoms with Crippen molar-refractivity contribution in [3.8, 4) is 0 Å². The minimum Gasteiger partial charge on any atom is -0.394 e. The highest BCUT2D eigenvalue weighted by Crippen LogP contribution is 2.39. The van der Waals surface area contributed by atoms with Crippen molar-refractivity contribution >= 4 is 17.7 Å². The average molecular weight is 265 g/mol. The summed E-state index contributed by atoms with van der Waals surface area (Å²) in [4.78, 5) is 13.4. The molecule has 2 N–H and O–H groups in total. The Morgan fingerprint density at radius 1 is 1.50 bits per heavy atom. The molecule has 0 spiro atoms. The van der Waals surface area contributed by atoms with E-state index < -0.39 is 0 Å². The monoisotopic (exact) mass is 265 g/mol. The third-order valence-electron chi connectivity index (χ3n) is 3.35. The Balaban J connectivity index is 2.07. The predicted octanol–water partition coefficient (Wildman–Crippen LogP) is 2.01. The molecule has 1 aliphatic heterocycles. The summed E-state index contributed by atoms with van der Waals surface area (Å²) in [5.41, 5.74) is 1.11. The summed E-state index contributed by atoms with van der Waals surface area (Å²) in [6.45, 7) is 3.99. The Kier molecular flexibility index (Phi) is 4.30. The molecule has 2 rings (SSSR count). The number of carbonyl (C=O) groups is 1. The van der Waals surface area contributed by atoms with Crippen molar-refractivity contribution < 1.29 is 9.90 Å². The topological polar surface area (TPSA) is 49.3 Å². The fourth-order valence-electron chi connectivity index (χ4n) is 2.09. The molecule has 0 saturated heterocycles. The third-order valence-corrected chi connectivity index (χ3v) is 4.53. The van der Waals surface area contributed by atoms with Crippen molar-refractivity contribution in [3.63, 3.8) is 0 Å². The Labute approximate surface area is 112 Å². The van der Waals surface area contributed by atoms with Crippen LogP contribution in [0.5, 0.6) is 0 Å². The van der Waals surface area contributed by atoms with Crippen molar-refractivity contribution in [2.75, 3.05) is 12.4 Å². The van der Waals surface area contributed by atoms with E-state index in [2.05, 4.69) is 11.4 Å². The number of thioether (sulfide) groups is 1. The Hall–Kier alpha value is -1.00. The first-order chi connectivity index (χ1) is 8.63. The number of hydrogen-bond acceptors (Lipinski definition) is 3. The highest BCUT2D eigenvalue weighted by Gasteiger charge is 2.30. The minimum atomic E-state index is -0.157. The largest absolute Gasteiger partial charge is 0.394 e. The lowest BCUT2D eigenvalue weighted by Gasteiger charge is -2.22. The number of carbonyl (C=O) groups excluding carboxylic acids is 1. The van der Waals surface area contributed by atoms with Gasteiger partial charge in [-0.2, -0.15) is 0 Å². The lowest BCUT2D eigenvalue weighted by molar-refractivity contribution is -0.123. The van der Waals surface area contributed by atoms with Crippen LogP contribution in [0.2, 0.25) is 0 Å². The first kappa shape index (κ1) is 13.4. The maximum Gasteiger partial charge on any atom is 0.228 e. The van der Waals surface area contributed by atoms with Gasteiger partial charge in [-0.25, -0.2) is 0 Å². The molecule has 1 amide bonds. The first-order valence-corrected chi connectivity index (χ1v) is 7.25. The zero-order valence-corrected chi connectivity index (χ0v) is 11.5. The van der Waals surface area contributed by atoms with Gasteiger partial charge in [0, 0.05) is 10.6 Å². The van der Waals surface area contributed by atoms with Crippen molar-refractivity contribution in [2.24, 2.45) is 5.92 Å². The van der Waals surface area contributed by atoms with Gasteiger partial charge in [0.25, 0.3) is 0 Å². The van der Waals surface area contributed by atoms with E-state index in [1.54, 1.807) is 11.8 Å². The Morgan fingerprint density at radius 3 is 2.89 bits per heavy atom. The molecule has 1 aliphatic rings. The third kappa shape index (κ3) is 2.70. The number of amides is 1. The molecule has 0 fully saturated rings. The van der Waals surface area contributed by atoms with Crippen molar-refractivity contribution in [1.82, 2.24) is 5.32 Å². The fraction of sp³-hybridized carbons (Fsp3) is 0.500. The predicted molar refractivity (Wildman–Crippen MR) is 73.8 cm³/mol. The van der Waals surface area contributed by atoms with E-state index in [-0.39, 0.29) is 30.4 Å². The lowest BCUT2D eigenvalue weighted by Crippen LogP contribution is -2.43. The maximum atomic E-state index is 12.2. The molecule has 1 heterocycles. The Bertz CT molecular complexity index is 434. The standard InChI is InChI=1S/C14H19NO2S/c1-9(2)12(7-16)15-14(17)11-8-18-13-6-4-3-5-10(11)13/h3-6,9,11-12,16H,7-8H2,1-2H3,(H,15,17)/t11?,12-/m1/s1. The molecule has 0 saturated carbocycles. The molecule has 0 aliphatic carbocycles. The molecule has 0 radical (unpaired) electrons. The smallest absolute Gasteiger partial charge is 0.228 e. The number of fused-ring (bicyclic) bond motifs is 1.